The van der Waals surface area contributed by atoms with Crippen molar-refractivity contribution >= 4 is 16.5 Å². The van der Waals surface area contributed by atoms with Crippen LogP contribution in [0.1, 0.15) is 29.0 Å². The molecule has 2 aromatic carbocycles. The van der Waals surface area contributed by atoms with E-state index in [9.17, 15) is 14.3 Å². The Morgan fingerprint density at radius 2 is 2.00 bits per heavy atom. The Hall–Kier alpha value is -3.63. The van der Waals surface area contributed by atoms with E-state index in [1.165, 1.54) is 18.5 Å². The van der Waals surface area contributed by atoms with Gasteiger partial charge in [-0.3, -0.25) is 4.79 Å². The molecule has 0 amide bonds. The van der Waals surface area contributed by atoms with Crippen molar-refractivity contribution in [2.24, 2.45) is 0 Å². The van der Waals surface area contributed by atoms with Gasteiger partial charge < -0.3 is 10.5 Å². The number of aromatic amines is 1. The lowest BCUT2D eigenvalue weighted by Crippen LogP contribution is -2.32. The van der Waals surface area contributed by atoms with Crippen LogP contribution in [0, 0.1) is 5.82 Å². The maximum atomic E-state index is 13.6. The second-order valence-electron chi connectivity index (χ2n) is 7.01. The second-order valence-corrected chi connectivity index (χ2v) is 7.01. The van der Waals surface area contributed by atoms with Crippen LogP contribution in [0.25, 0.3) is 10.8 Å². The van der Waals surface area contributed by atoms with E-state index in [0.717, 1.165) is 5.56 Å². The van der Waals surface area contributed by atoms with Crippen LogP contribution in [0.4, 0.5) is 10.1 Å². The lowest BCUT2D eigenvalue weighted by atomic mass is 9.88. The van der Waals surface area contributed by atoms with Crippen LogP contribution in [0.2, 0.25) is 0 Å². The number of benzene rings is 2. The molecule has 0 aliphatic carbocycles. The average molecular weight is 407 g/mol. The number of hydrazine groups is 1. The highest BCUT2D eigenvalue weighted by atomic mass is 19.1. The lowest BCUT2D eigenvalue weighted by Gasteiger charge is -2.26. The SMILES string of the molecule is O=c1[nH]nc2c3c(cccc13)NNC(c1ccc(F)cc1)C2c1ncnn1CCO. The summed E-state index contributed by atoms with van der Waals surface area (Å²) in [6, 6.07) is 11.1. The van der Waals surface area contributed by atoms with Crippen molar-refractivity contribution in [3.8, 4) is 0 Å². The van der Waals surface area contributed by atoms with Gasteiger partial charge in [0.05, 0.1) is 41.9 Å². The van der Waals surface area contributed by atoms with Crippen LogP contribution in [-0.4, -0.2) is 36.7 Å². The molecule has 30 heavy (non-hydrogen) atoms. The third kappa shape index (κ3) is 2.93. The summed E-state index contributed by atoms with van der Waals surface area (Å²) < 4.78 is 15.2. The highest BCUT2D eigenvalue weighted by Gasteiger charge is 2.36. The molecule has 2 unspecified atom stereocenters. The Morgan fingerprint density at radius 3 is 2.80 bits per heavy atom. The molecule has 1 aliphatic heterocycles. The predicted molar refractivity (Wildman–Crippen MR) is 107 cm³/mol. The van der Waals surface area contributed by atoms with Crippen LogP contribution in [0.15, 0.2) is 53.6 Å². The molecule has 0 fully saturated rings. The first-order chi connectivity index (χ1) is 14.7. The van der Waals surface area contributed by atoms with Gasteiger partial charge in [-0.2, -0.15) is 10.2 Å². The number of aromatic nitrogens is 5. The third-order valence-electron chi connectivity index (χ3n) is 5.30. The van der Waals surface area contributed by atoms with Gasteiger partial charge in [-0.05, 0) is 29.8 Å². The molecular formula is C20H18FN7O2. The van der Waals surface area contributed by atoms with Crippen molar-refractivity contribution in [1.82, 2.24) is 30.4 Å². The Labute approximate surface area is 169 Å². The minimum Gasteiger partial charge on any atom is -0.394 e. The summed E-state index contributed by atoms with van der Waals surface area (Å²) in [6.45, 7) is 0.143. The summed E-state index contributed by atoms with van der Waals surface area (Å²) in [5.74, 6) is -0.265. The molecule has 3 heterocycles. The van der Waals surface area contributed by atoms with E-state index in [1.54, 1.807) is 28.9 Å². The monoisotopic (exact) mass is 407 g/mol. The Balaban J connectivity index is 1.79. The minimum absolute atomic E-state index is 0.110. The first kappa shape index (κ1) is 18.4. The van der Waals surface area contributed by atoms with Gasteiger partial charge >= 0.3 is 0 Å². The van der Waals surface area contributed by atoms with Crippen LogP contribution >= 0.6 is 0 Å². The van der Waals surface area contributed by atoms with Gasteiger partial charge in [0.2, 0.25) is 0 Å². The molecule has 2 atom stereocenters. The molecule has 0 bridgehead atoms. The molecule has 152 valence electrons. The van der Waals surface area contributed by atoms with E-state index in [-0.39, 0.29) is 24.5 Å². The van der Waals surface area contributed by atoms with Crippen molar-refractivity contribution in [3.05, 3.63) is 82.0 Å². The lowest BCUT2D eigenvalue weighted by molar-refractivity contribution is 0.265. The highest BCUT2D eigenvalue weighted by molar-refractivity contribution is 5.96. The quantitative estimate of drug-likeness (QED) is 0.404. The van der Waals surface area contributed by atoms with Crippen molar-refractivity contribution in [3.63, 3.8) is 0 Å². The molecule has 5 rings (SSSR count). The number of nitrogens with zero attached hydrogens (tertiary/aromatic N) is 4. The van der Waals surface area contributed by atoms with Gasteiger partial charge in [-0.25, -0.2) is 24.6 Å². The van der Waals surface area contributed by atoms with Crippen molar-refractivity contribution in [2.45, 2.75) is 18.5 Å². The summed E-state index contributed by atoms with van der Waals surface area (Å²) in [4.78, 5) is 16.9. The molecule has 9 nitrogen and oxygen atoms in total. The fourth-order valence-electron chi connectivity index (χ4n) is 3.97. The molecular weight excluding hydrogens is 389 g/mol. The normalized spacial score (nSPS) is 18.2. The number of hydrogen-bond acceptors (Lipinski definition) is 7. The van der Waals surface area contributed by atoms with Gasteiger partial charge in [-0.15, -0.1) is 0 Å². The molecule has 0 spiro atoms. The van der Waals surface area contributed by atoms with E-state index in [0.29, 0.717) is 28.0 Å². The predicted octanol–water partition coefficient (Wildman–Crippen LogP) is 1.45. The number of nitrogens with one attached hydrogen (secondary N) is 3. The highest BCUT2D eigenvalue weighted by Crippen LogP contribution is 2.41. The Morgan fingerprint density at radius 1 is 1.17 bits per heavy atom. The molecule has 1 aliphatic rings. The molecule has 0 radical (unpaired) electrons. The van der Waals surface area contributed by atoms with Gasteiger partial charge in [0.25, 0.3) is 5.56 Å². The number of aliphatic hydroxyl groups excluding tert-OH is 1. The van der Waals surface area contributed by atoms with Gasteiger partial charge in [-0.1, -0.05) is 18.2 Å². The van der Waals surface area contributed by atoms with E-state index in [4.69, 9.17) is 0 Å². The Bertz CT molecular complexity index is 1270. The number of anilines is 1. The molecule has 4 N–H and O–H groups in total. The maximum absolute atomic E-state index is 13.6. The minimum atomic E-state index is -0.486. The molecule has 0 saturated heterocycles. The number of H-pyrrole nitrogens is 1. The van der Waals surface area contributed by atoms with Crippen molar-refractivity contribution in [1.29, 1.82) is 0 Å². The fraction of sp³-hybridized carbons (Fsp3) is 0.200. The summed E-state index contributed by atoms with van der Waals surface area (Å²) in [7, 11) is 0. The zero-order valence-electron chi connectivity index (χ0n) is 15.7. The molecule has 10 heteroatoms. The summed E-state index contributed by atoms with van der Waals surface area (Å²) in [6.07, 6.45) is 1.42. The van der Waals surface area contributed by atoms with Gasteiger partial charge in [0, 0.05) is 5.39 Å². The molecule has 2 aromatic heterocycles. The van der Waals surface area contributed by atoms with Crippen LogP contribution in [-0.2, 0) is 6.54 Å². The van der Waals surface area contributed by atoms with Crippen molar-refractivity contribution < 1.29 is 9.50 Å². The molecule has 4 aromatic rings. The first-order valence-electron chi connectivity index (χ1n) is 9.44. The second kappa shape index (κ2) is 7.32. The number of hydrogen-bond donors (Lipinski definition) is 4. The summed E-state index contributed by atoms with van der Waals surface area (Å²) in [5.41, 5.74) is 8.25. The van der Waals surface area contributed by atoms with Crippen molar-refractivity contribution in [2.75, 3.05) is 12.0 Å². The smallest absolute Gasteiger partial charge is 0.272 e. The van der Waals surface area contributed by atoms with E-state index >= 15 is 0 Å². The van der Waals surface area contributed by atoms with E-state index in [2.05, 4.69) is 31.1 Å². The third-order valence-corrected chi connectivity index (χ3v) is 5.30. The van der Waals surface area contributed by atoms with Gasteiger partial charge in [0.1, 0.15) is 18.0 Å². The number of rotatable bonds is 4. The largest absolute Gasteiger partial charge is 0.394 e. The zero-order chi connectivity index (χ0) is 20.7. The number of aliphatic hydroxyl groups is 1. The molecule has 0 saturated carbocycles. The van der Waals surface area contributed by atoms with Gasteiger partial charge in [0.15, 0.2) is 0 Å². The summed E-state index contributed by atoms with van der Waals surface area (Å²) >= 11 is 0. The first-order valence-corrected chi connectivity index (χ1v) is 9.44. The zero-order valence-corrected chi connectivity index (χ0v) is 15.7. The standard InChI is InChI=1S/C20H18FN7O2/c21-12-6-4-11(5-7-12)17-16(19-22-10-23-28(19)8-9-29)18-15-13(20(30)27-26-18)2-1-3-14(15)24-25-17/h1-7,10,16-17,24-25,29H,8-9H2,(H,27,30). The van der Waals surface area contributed by atoms with E-state index < -0.39 is 12.0 Å². The fourth-order valence-corrected chi connectivity index (χ4v) is 3.97. The number of halogens is 1. The summed E-state index contributed by atoms with van der Waals surface area (Å²) in [5, 5.41) is 21.8. The van der Waals surface area contributed by atoms with E-state index in [1.807, 2.05) is 6.07 Å². The topological polar surface area (TPSA) is 121 Å². The van der Waals surface area contributed by atoms with Crippen LogP contribution in [0.5, 0.6) is 0 Å². The average Bonchev–Trinajstić information content (AvgIpc) is 3.14. The maximum Gasteiger partial charge on any atom is 0.272 e. The van der Waals surface area contributed by atoms with Crippen LogP contribution < -0.4 is 16.4 Å². The Kier molecular flexibility index (Phi) is 4.49. The van der Waals surface area contributed by atoms with Crippen LogP contribution in [0.3, 0.4) is 0 Å².